The first-order valence-electron chi connectivity index (χ1n) is 9.02. The fourth-order valence-electron chi connectivity index (χ4n) is 3.63. The fraction of sp³-hybridized carbons (Fsp3) is 0.174. The number of hydrogen-bond donors (Lipinski definition) is 0. The molecule has 3 atom stereocenters. The SMILES string of the molecule is CN1C(=O)[C@@H](c2ccccc2)O[C@H](c2ccc(Br)cc2)[C@@H]1c1ccc(Br)cc1. The number of rotatable bonds is 3. The van der Waals surface area contributed by atoms with Crippen LogP contribution < -0.4 is 0 Å². The first kappa shape index (κ1) is 19.4. The first-order valence-corrected chi connectivity index (χ1v) is 10.6. The van der Waals surface area contributed by atoms with Crippen molar-refractivity contribution in [3.05, 3.63) is 104 Å². The Hall–Kier alpha value is -1.95. The minimum Gasteiger partial charge on any atom is -0.353 e. The number of halogens is 2. The third kappa shape index (κ3) is 3.79. The van der Waals surface area contributed by atoms with E-state index in [2.05, 4.69) is 31.9 Å². The zero-order valence-electron chi connectivity index (χ0n) is 15.3. The number of benzene rings is 3. The zero-order chi connectivity index (χ0) is 19.7. The molecule has 0 radical (unpaired) electrons. The Kier molecular flexibility index (Phi) is 5.67. The maximum atomic E-state index is 13.2. The van der Waals surface area contributed by atoms with Crippen LogP contribution in [0.15, 0.2) is 87.8 Å². The van der Waals surface area contributed by atoms with Gasteiger partial charge in [0.1, 0.15) is 6.10 Å². The van der Waals surface area contributed by atoms with Crippen molar-refractivity contribution < 1.29 is 9.53 Å². The van der Waals surface area contributed by atoms with E-state index >= 15 is 0 Å². The van der Waals surface area contributed by atoms with Crippen molar-refractivity contribution in [2.75, 3.05) is 7.05 Å². The second-order valence-corrected chi connectivity index (χ2v) is 8.68. The van der Waals surface area contributed by atoms with E-state index < -0.39 is 6.10 Å². The molecule has 1 heterocycles. The van der Waals surface area contributed by atoms with Crippen molar-refractivity contribution in [3.63, 3.8) is 0 Å². The van der Waals surface area contributed by atoms with E-state index in [1.54, 1.807) is 0 Å². The smallest absolute Gasteiger partial charge is 0.256 e. The number of likely N-dealkylation sites (N-methyl/N-ethyl adjacent to an activating group) is 1. The van der Waals surface area contributed by atoms with Crippen LogP contribution in [0.25, 0.3) is 0 Å². The largest absolute Gasteiger partial charge is 0.353 e. The predicted octanol–water partition coefficient (Wildman–Crippen LogP) is 6.22. The van der Waals surface area contributed by atoms with Gasteiger partial charge in [0.2, 0.25) is 0 Å². The van der Waals surface area contributed by atoms with Gasteiger partial charge in [-0.3, -0.25) is 4.79 Å². The molecule has 0 aliphatic carbocycles. The Morgan fingerprint density at radius 3 is 1.86 bits per heavy atom. The van der Waals surface area contributed by atoms with Crippen molar-refractivity contribution in [1.82, 2.24) is 4.90 Å². The van der Waals surface area contributed by atoms with E-state index in [4.69, 9.17) is 4.74 Å². The second kappa shape index (κ2) is 8.19. The minimum absolute atomic E-state index is 0.0347. The molecule has 4 rings (SSSR count). The first-order chi connectivity index (χ1) is 13.5. The monoisotopic (exact) mass is 499 g/mol. The van der Waals surface area contributed by atoms with Crippen molar-refractivity contribution in [3.8, 4) is 0 Å². The number of ether oxygens (including phenoxy) is 1. The third-order valence-corrected chi connectivity index (χ3v) is 6.13. The highest BCUT2D eigenvalue weighted by atomic mass is 79.9. The van der Waals surface area contributed by atoms with Gasteiger partial charge >= 0.3 is 0 Å². The van der Waals surface area contributed by atoms with Crippen LogP contribution in [0.2, 0.25) is 0 Å². The highest BCUT2D eigenvalue weighted by Crippen LogP contribution is 2.45. The summed E-state index contributed by atoms with van der Waals surface area (Å²) < 4.78 is 8.47. The molecule has 0 bridgehead atoms. The van der Waals surface area contributed by atoms with Gasteiger partial charge < -0.3 is 9.64 Å². The standard InChI is InChI=1S/C23H19Br2NO2/c1-26-20(15-7-11-18(24)12-8-15)21(17-9-13-19(25)14-10-17)28-22(23(26)27)16-5-3-2-4-6-16/h2-14,20-22H,1H3/t20-,21+,22+/m0/s1. The van der Waals surface area contributed by atoms with Crippen LogP contribution in [0.1, 0.15) is 34.9 Å². The Balaban J connectivity index is 1.78. The van der Waals surface area contributed by atoms with Gasteiger partial charge in [0.15, 0.2) is 6.10 Å². The summed E-state index contributed by atoms with van der Waals surface area (Å²) in [7, 11) is 1.86. The third-order valence-electron chi connectivity index (χ3n) is 5.07. The lowest BCUT2D eigenvalue weighted by Crippen LogP contribution is -2.45. The molecule has 3 aromatic rings. The Bertz CT molecular complexity index is 958. The van der Waals surface area contributed by atoms with E-state index in [1.807, 2.05) is 90.8 Å². The topological polar surface area (TPSA) is 29.5 Å². The van der Waals surface area contributed by atoms with E-state index in [1.165, 1.54) is 0 Å². The van der Waals surface area contributed by atoms with Gasteiger partial charge in [0, 0.05) is 16.0 Å². The summed E-state index contributed by atoms with van der Waals surface area (Å²) in [5, 5.41) is 0. The summed E-state index contributed by atoms with van der Waals surface area (Å²) in [6, 6.07) is 25.7. The Morgan fingerprint density at radius 1 is 0.750 bits per heavy atom. The average Bonchev–Trinajstić information content (AvgIpc) is 2.72. The number of amides is 1. The molecule has 1 fully saturated rings. The number of nitrogens with zero attached hydrogens (tertiary/aromatic N) is 1. The minimum atomic E-state index is -0.619. The van der Waals surface area contributed by atoms with Gasteiger partial charge in [-0.15, -0.1) is 0 Å². The molecule has 0 unspecified atom stereocenters. The van der Waals surface area contributed by atoms with E-state index in [0.29, 0.717) is 0 Å². The molecule has 1 amide bonds. The summed E-state index contributed by atoms with van der Waals surface area (Å²) in [4.78, 5) is 15.0. The second-order valence-electron chi connectivity index (χ2n) is 6.84. The van der Waals surface area contributed by atoms with Crippen molar-refractivity contribution in [2.45, 2.75) is 18.2 Å². The van der Waals surface area contributed by atoms with Crippen molar-refractivity contribution >= 4 is 37.8 Å². The van der Waals surface area contributed by atoms with Gasteiger partial charge in [0.25, 0.3) is 5.91 Å². The molecule has 1 aliphatic rings. The summed E-state index contributed by atoms with van der Waals surface area (Å²) in [6.45, 7) is 0. The molecular weight excluding hydrogens is 482 g/mol. The quantitative estimate of drug-likeness (QED) is 0.427. The fourth-order valence-corrected chi connectivity index (χ4v) is 4.15. The molecule has 142 valence electrons. The van der Waals surface area contributed by atoms with Gasteiger partial charge in [-0.2, -0.15) is 0 Å². The average molecular weight is 501 g/mol. The van der Waals surface area contributed by atoms with Gasteiger partial charge in [-0.25, -0.2) is 0 Å². The van der Waals surface area contributed by atoms with Gasteiger partial charge in [-0.1, -0.05) is 86.5 Å². The normalized spacial score (nSPS) is 22.3. The molecule has 0 spiro atoms. The highest BCUT2D eigenvalue weighted by molar-refractivity contribution is 9.10. The molecule has 5 heteroatoms. The Labute approximate surface area is 181 Å². The molecule has 0 aromatic heterocycles. The molecule has 0 saturated carbocycles. The van der Waals surface area contributed by atoms with Crippen molar-refractivity contribution in [2.24, 2.45) is 0 Å². The number of carbonyl (C=O) groups is 1. The molecular formula is C23H19Br2NO2. The lowest BCUT2D eigenvalue weighted by Gasteiger charge is -2.43. The van der Waals surface area contributed by atoms with E-state index in [9.17, 15) is 4.79 Å². The lowest BCUT2D eigenvalue weighted by atomic mass is 9.91. The molecule has 1 saturated heterocycles. The molecule has 28 heavy (non-hydrogen) atoms. The summed E-state index contributed by atoms with van der Waals surface area (Å²) in [6.07, 6.45) is -0.895. The van der Waals surface area contributed by atoms with Crippen LogP contribution in [0.5, 0.6) is 0 Å². The van der Waals surface area contributed by atoms with Crippen LogP contribution in [-0.2, 0) is 9.53 Å². The molecule has 3 aromatic carbocycles. The molecule has 1 aliphatic heterocycles. The maximum Gasteiger partial charge on any atom is 0.256 e. The Morgan fingerprint density at radius 2 is 1.29 bits per heavy atom. The maximum absolute atomic E-state index is 13.2. The number of morpholine rings is 1. The lowest BCUT2D eigenvalue weighted by molar-refractivity contribution is -0.172. The van der Waals surface area contributed by atoms with E-state index in [0.717, 1.165) is 25.6 Å². The van der Waals surface area contributed by atoms with Crippen LogP contribution in [0.4, 0.5) is 0 Å². The summed E-state index contributed by atoms with van der Waals surface area (Å²) >= 11 is 6.98. The zero-order valence-corrected chi connectivity index (χ0v) is 18.4. The number of carbonyl (C=O) groups excluding carboxylic acids is 1. The summed E-state index contributed by atoms with van der Waals surface area (Å²) in [5.74, 6) is -0.0347. The molecule has 0 N–H and O–H groups in total. The van der Waals surface area contributed by atoms with E-state index in [-0.39, 0.29) is 18.1 Å². The van der Waals surface area contributed by atoms with Gasteiger partial charge in [0.05, 0.1) is 6.04 Å². The predicted molar refractivity (Wildman–Crippen MR) is 117 cm³/mol. The van der Waals surface area contributed by atoms with Crippen LogP contribution in [-0.4, -0.2) is 17.9 Å². The van der Waals surface area contributed by atoms with Crippen LogP contribution in [0, 0.1) is 0 Å². The van der Waals surface area contributed by atoms with Crippen LogP contribution >= 0.6 is 31.9 Å². The van der Waals surface area contributed by atoms with Gasteiger partial charge in [-0.05, 0) is 41.0 Å². The molecule has 3 nitrogen and oxygen atoms in total. The van der Waals surface area contributed by atoms with Crippen LogP contribution in [0.3, 0.4) is 0 Å². The van der Waals surface area contributed by atoms with Crippen molar-refractivity contribution in [1.29, 1.82) is 0 Å². The number of hydrogen-bond acceptors (Lipinski definition) is 2. The highest BCUT2D eigenvalue weighted by Gasteiger charge is 2.42. The summed E-state index contributed by atoms with van der Waals surface area (Å²) in [5.41, 5.74) is 2.95.